The summed E-state index contributed by atoms with van der Waals surface area (Å²) >= 11 is 3.82. The minimum absolute atomic E-state index is 0.0840. The molecule has 0 atom stereocenters. The third-order valence-corrected chi connectivity index (χ3v) is 5.38. The van der Waals surface area contributed by atoms with Crippen LogP contribution in [0.25, 0.3) is 0 Å². The second kappa shape index (κ2) is 13.0. The van der Waals surface area contributed by atoms with Crippen molar-refractivity contribution >= 4 is 15.9 Å². The lowest BCUT2D eigenvalue weighted by atomic mass is 9.93. The summed E-state index contributed by atoms with van der Waals surface area (Å²) in [6.07, 6.45) is 18.3. The van der Waals surface area contributed by atoms with Gasteiger partial charge in [0.15, 0.2) is 0 Å². The largest absolute Gasteiger partial charge is 0.0807 e. The van der Waals surface area contributed by atoms with Crippen molar-refractivity contribution in [2.75, 3.05) is 0 Å². The molecule has 1 heteroatoms. The van der Waals surface area contributed by atoms with E-state index in [0.29, 0.717) is 0 Å². The van der Waals surface area contributed by atoms with Crippen LogP contribution >= 0.6 is 15.9 Å². The lowest BCUT2D eigenvalue weighted by Gasteiger charge is -2.21. The topological polar surface area (TPSA) is 0 Å². The number of alkyl halides is 1. The van der Waals surface area contributed by atoms with Crippen molar-refractivity contribution in [1.82, 2.24) is 0 Å². The fourth-order valence-corrected chi connectivity index (χ4v) is 3.86. The van der Waals surface area contributed by atoms with E-state index in [-0.39, 0.29) is 4.32 Å². The van der Waals surface area contributed by atoms with E-state index in [0.717, 1.165) is 0 Å². The normalized spacial score (nSPS) is 11.8. The van der Waals surface area contributed by atoms with Crippen LogP contribution in [0.4, 0.5) is 0 Å². The Bertz CT molecular complexity index is 416. The van der Waals surface area contributed by atoms with E-state index in [1.54, 1.807) is 0 Å². The molecule has 0 radical (unpaired) electrons. The first-order valence-corrected chi connectivity index (χ1v) is 11.1. The van der Waals surface area contributed by atoms with E-state index in [4.69, 9.17) is 0 Å². The van der Waals surface area contributed by atoms with Gasteiger partial charge in [0.2, 0.25) is 0 Å². The Labute approximate surface area is 160 Å². The Morgan fingerprint density at radius 2 is 1.17 bits per heavy atom. The third-order valence-electron chi connectivity index (χ3n) is 4.96. The minimum Gasteiger partial charge on any atom is -0.0807 e. The molecule has 0 saturated carbocycles. The van der Waals surface area contributed by atoms with Crippen LogP contribution in [0.1, 0.15) is 109 Å². The Morgan fingerprint density at radius 1 is 0.708 bits per heavy atom. The van der Waals surface area contributed by atoms with Crippen LogP contribution in [0.15, 0.2) is 24.3 Å². The van der Waals surface area contributed by atoms with Gasteiger partial charge in [0.05, 0.1) is 0 Å². The van der Waals surface area contributed by atoms with Gasteiger partial charge in [-0.05, 0) is 37.8 Å². The number of rotatable bonds is 14. The number of unbranched alkanes of at least 4 members (excludes halogenated alkanes) is 11. The van der Waals surface area contributed by atoms with Gasteiger partial charge in [-0.15, -0.1) is 0 Å². The first-order chi connectivity index (χ1) is 11.6. The SMILES string of the molecule is CCCCCCCCCCCCCCc1ccccc1C(C)(C)Br. The predicted octanol–water partition coefficient (Wildman–Crippen LogP) is 8.56. The number of aryl methyl sites for hydroxylation is 1. The molecule has 0 heterocycles. The molecule has 24 heavy (non-hydrogen) atoms. The van der Waals surface area contributed by atoms with E-state index < -0.39 is 0 Å². The third kappa shape index (κ3) is 9.87. The highest BCUT2D eigenvalue weighted by Crippen LogP contribution is 2.33. The van der Waals surface area contributed by atoms with Gasteiger partial charge in [-0.25, -0.2) is 0 Å². The maximum Gasteiger partial charge on any atom is 0.0452 e. The van der Waals surface area contributed by atoms with E-state index >= 15 is 0 Å². The molecular formula is C23H39Br. The highest BCUT2D eigenvalue weighted by Gasteiger charge is 2.18. The van der Waals surface area contributed by atoms with Crippen molar-refractivity contribution in [2.45, 2.75) is 109 Å². The molecule has 1 aromatic rings. The molecule has 0 unspecified atom stereocenters. The van der Waals surface area contributed by atoms with Crippen molar-refractivity contribution < 1.29 is 0 Å². The van der Waals surface area contributed by atoms with Crippen LogP contribution in [-0.2, 0) is 10.7 Å². The number of benzene rings is 1. The van der Waals surface area contributed by atoms with Crippen LogP contribution in [0.2, 0.25) is 0 Å². The molecule has 0 aliphatic heterocycles. The average molecular weight is 395 g/mol. The first kappa shape index (κ1) is 21.7. The van der Waals surface area contributed by atoms with Crippen molar-refractivity contribution in [3.8, 4) is 0 Å². The summed E-state index contributed by atoms with van der Waals surface area (Å²) < 4.78 is 0.0840. The minimum atomic E-state index is 0.0840. The molecule has 0 fully saturated rings. The Balaban J connectivity index is 2.03. The molecule has 0 aliphatic carbocycles. The van der Waals surface area contributed by atoms with Gasteiger partial charge in [-0.3, -0.25) is 0 Å². The lowest BCUT2D eigenvalue weighted by Crippen LogP contribution is -2.10. The van der Waals surface area contributed by atoms with Crippen LogP contribution in [0.3, 0.4) is 0 Å². The zero-order valence-electron chi connectivity index (χ0n) is 16.4. The first-order valence-electron chi connectivity index (χ1n) is 10.3. The van der Waals surface area contributed by atoms with Crippen molar-refractivity contribution in [3.05, 3.63) is 35.4 Å². The average Bonchev–Trinajstić information content (AvgIpc) is 2.55. The summed E-state index contributed by atoms with van der Waals surface area (Å²) in [4.78, 5) is 0. The molecular weight excluding hydrogens is 356 g/mol. The molecule has 0 aliphatic rings. The smallest absolute Gasteiger partial charge is 0.0452 e. The number of hydrogen-bond acceptors (Lipinski definition) is 0. The van der Waals surface area contributed by atoms with Crippen LogP contribution < -0.4 is 0 Å². The number of halogens is 1. The summed E-state index contributed by atoms with van der Waals surface area (Å²) in [6.45, 7) is 6.78. The van der Waals surface area contributed by atoms with Crippen molar-refractivity contribution in [1.29, 1.82) is 0 Å². The molecule has 138 valence electrons. The second-order valence-electron chi connectivity index (χ2n) is 7.77. The van der Waals surface area contributed by atoms with Gasteiger partial charge < -0.3 is 0 Å². The van der Waals surface area contributed by atoms with E-state index in [1.165, 1.54) is 94.6 Å². The van der Waals surface area contributed by atoms with E-state index in [9.17, 15) is 0 Å². The summed E-state index contributed by atoms with van der Waals surface area (Å²) in [5.41, 5.74) is 2.97. The van der Waals surface area contributed by atoms with Crippen molar-refractivity contribution in [3.63, 3.8) is 0 Å². The fourth-order valence-electron chi connectivity index (χ4n) is 3.47. The summed E-state index contributed by atoms with van der Waals surface area (Å²) in [6, 6.07) is 8.91. The molecule has 1 rings (SSSR count). The van der Waals surface area contributed by atoms with E-state index in [2.05, 4.69) is 61.0 Å². The quantitative estimate of drug-likeness (QED) is 0.219. The molecule has 0 nitrogen and oxygen atoms in total. The van der Waals surface area contributed by atoms with Crippen LogP contribution in [-0.4, -0.2) is 0 Å². The van der Waals surface area contributed by atoms with Gasteiger partial charge in [0.25, 0.3) is 0 Å². The highest BCUT2D eigenvalue weighted by molar-refractivity contribution is 9.09. The van der Waals surface area contributed by atoms with Gasteiger partial charge in [0.1, 0.15) is 0 Å². The molecule has 0 spiro atoms. The molecule has 0 N–H and O–H groups in total. The zero-order valence-corrected chi connectivity index (χ0v) is 18.0. The summed E-state index contributed by atoms with van der Waals surface area (Å²) in [7, 11) is 0. The number of hydrogen-bond donors (Lipinski definition) is 0. The molecule has 0 bridgehead atoms. The lowest BCUT2D eigenvalue weighted by molar-refractivity contribution is 0.543. The molecule has 0 amide bonds. The zero-order chi connectivity index (χ0) is 17.7. The monoisotopic (exact) mass is 394 g/mol. The van der Waals surface area contributed by atoms with Gasteiger partial charge in [0, 0.05) is 4.32 Å². The van der Waals surface area contributed by atoms with Crippen LogP contribution in [0.5, 0.6) is 0 Å². The van der Waals surface area contributed by atoms with Gasteiger partial charge in [-0.1, -0.05) is 118 Å². The maximum atomic E-state index is 3.82. The Kier molecular flexibility index (Phi) is 11.8. The predicted molar refractivity (Wildman–Crippen MR) is 113 cm³/mol. The van der Waals surface area contributed by atoms with Crippen LogP contribution in [0, 0.1) is 0 Å². The fraction of sp³-hybridized carbons (Fsp3) is 0.739. The highest BCUT2D eigenvalue weighted by atomic mass is 79.9. The standard InChI is InChI=1S/C23H39Br/c1-4-5-6-7-8-9-10-11-12-13-14-15-18-21-19-16-17-20-22(21)23(2,3)24/h16-17,19-20H,4-15,18H2,1-3H3. The Hall–Kier alpha value is -0.300. The molecule has 0 aromatic heterocycles. The Morgan fingerprint density at radius 3 is 1.67 bits per heavy atom. The second-order valence-corrected chi connectivity index (χ2v) is 9.75. The molecule has 0 saturated heterocycles. The van der Waals surface area contributed by atoms with Gasteiger partial charge >= 0.3 is 0 Å². The molecule has 1 aromatic carbocycles. The van der Waals surface area contributed by atoms with E-state index in [1.807, 2.05) is 0 Å². The van der Waals surface area contributed by atoms with Crippen molar-refractivity contribution in [2.24, 2.45) is 0 Å². The summed E-state index contributed by atoms with van der Waals surface area (Å²) in [5, 5.41) is 0. The summed E-state index contributed by atoms with van der Waals surface area (Å²) in [5.74, 6) is 0. The maximum absolute atomic E-state index is 3.82. The van der Waals surface area contributed by atoms with Gasteiger partial charge in [-0.2, -0.15) is 0 Å².